The van der Waals surface area contributed by atoms with Gasteiger partial charge in [-0.1, -0.05) is 30.0 Å². The minimum Gasteiger partial charge on any atom is -0.218 e. The molecule has 0 fully saturated rings. The van der Waals surface area contributed by atoms with Crippen molar-refractivity contribution in [3.8, 4) is 0 Å². The van der Waals surface area contributed by atoms with E-state index in [0.29, 0.717) is 10.5 Å². The van der Waals surface area contributed by atoms with Gasteiger partial charge in [0.05, 0.1) is 10.4 Å². The summed E-state index contributed by atoms with van der Waals surface area (Å²) in [6.45, 7) is 0. The molecule has 0 saturated heterocycles. The van der Waals surface area contributed by atoms with E-state index >= 15 is 0 Å². The van der Waals surface area contributed by atoms with Crippen LogP contribution in [0.25, 0.3) is 10.9 Å². The highest BCUT2D eigenvalue weighted by molar-refractivity contribution is 7.99. The van der Waals surface area contributed by atoms with Crippen molar-refractivity contribution in [3.05, 3.63) is 59.4 Å². The van der Waals surface area contributed by atoms with Crippen molar-refractivity contribution in [1.29, 1.82) is 0 Å². The highest BCUT2D eigenvalue weighted by Crippen LogP contribution is 2.33. The summed E-state index contributed by atoms with van der Waals surface area (Å²) in [4.78, 5) is 8.34. The lowest BCUT2D eigenvalue weighted by Gasteiger charge is -2.06. The van der Waals surface area contributed by atoms with E-state index in [1.807, 2.05) is 18.2 Å². The summed E-state index contributed by atoms with van der Waals surface area (Å²) in [5.74, 6) is -1.01. The molecule has 6 heteroatoms. The van der Waals surface area contributed by atoms with Crippen LogP contribution in [0.4, 0.5) is 8.78 Å². The van der Waals surface area contributed by atoms with Crippen molar-refractivity contribution in [2.75, 3.05) is 0 Å². The van der Waals surface area contributed by atoms with Gasteiger partial charge in [-0.2, -0.15) is 0 Å². The lowest BCUT2D eigenvalue weighted by atomic mass is 10.2. The molecule has 2 nitrogen and oxygen atoms in total. The van der Waals surface area contributed by atoms with Gasteiger partial charge >= 0.3 is 0 Å². The maximum atomic E-state index is 13.7. The van der Waals surface area contributed by atoms with E-state index in [-0.39, 0.29) is 10.2 Å². The van der Waals surface area contributed by atoms with Crippen molar-refractivity contribution in [3.63, 3.8) is 0 Å². The zero-order valence-electron chi connectivity index (χ0n) is 9.98. The van der Waals surface area contributed by atoms with Crippen LogP contribution in [0.2, 0.25) is 5.28 Å². The number of hydrogen-bond acceptors (Lipinski definition) is 3. The number of aromatic nitrogens is 2. The summed E-state index contributed by atoms with van der Waals surface area (Å²) in [5.41, 5.74) is 0.659. The standard InChI is InChI=1S/C14H7ClF2N2S/c15-14-18-11-4-2-1-3-9(11)13(19-14)20-12-7-8(16)5-6-10(12)17/h1-7H. The van der Waals surface area contributed by atoms with Gasteiger partial charge in [-0.25, -0.2) is 18.7 Å². The first-order chi connectivity index (χ1) is 9.63. The summed E-state index contributed by atoms with van der Waals surface area (Å²) in [6.07, 6.45) is 0. The largest absolute Gasteiger partial charge is 0.224 e. The van der Waals surface area contributed by atoms with Crippen LogP contribution in [0.5, 0.6) is 0 Å². The van der Waals surface area contributed by atoms with Crippen molar-refractivity contribution < 1.29 is 8.78 Å². The quantitative estimate of drug-likeness (QED) is 0.506. The van der Waals surface area contributed by atoms with E-state index in [1.54, 1.807) is 6.07 Å². The van der Waals surface area contributed by atoms with E-state index < -0.39 is 11.6 Å². The Morgan fingerprint density at radius 1 is 1.00 bits per heavy atom. The van der Waals surface area contributed by atoms with Crippen LogP contribution in [0.3, 0.4) is 0 Å². The van der Waals surface area contributed by atoms with E-state index in [0.717, 1.165) is 35.3 Å². The predicted octanol–water partition coefficient (Wildman–Crippen LogP) is 4.71. The van der Waals surface area contributed by atoms with Crippen LogP contribution in [-0.2, 0) is 0 Å². The van der Waals surface area contributed by atoms with Crippen LogP contribution in [-0.4, -0.2) is 9.97 Å². The van der Waals surface area contributed by atoms with Crippen LogP contribution >= 0.6 is 23.4 Å². The molecule has 3 rings (SSSR count). The summed E-state index contributed by atoms with van der Waals surface area (Å²) < 4.78 is 26.9. The molecule has 100 valence electrons. The van der Waals surface area contributed by atoms with Gasteiger partial charge in [-0.15, -0.1) is 0 Å². The zero-order chi connectivity index (χ0) is 14.1. The van der Waals surface area contributed by atoms with Crippen molar-refractivity contribution in [2.45, 2.75) is 9.92 Å². The first kappa shape index (κ1) is 13.3. The first-order valence-corrected chi connectivity index (χ1v) is 6.88. The molecule has 3 aromatic rings. The normalized spacial score (nSPS) is 10.9. The Balaban J connectivity index is 2.13. The molecule has 0 bridgehead atoms. The van der Waals surface area contributed by atoms with Gasteiger partial charge in [0.15, 0.2) is 0 Å². The molecule has 0 saturated carbocycles. The number of benzene rings is 2. The molecule has 0 spiro atoms. The molecule has 0 aliphatic heterocycles. The molecule has 0 radical (unpaired) electrons. The second kappa shape index (κ2) is 5.34. The molecule has 2 aromatic carbocycles. The van der Waals surface area contributed by atoms with Gasteiger partial charge in [0.2, 0.25) is 5.28 Å². The molecule has 1 aromatic heterocycles. The van der Waals surface area contributed by atoms with Gasteiger partial charge in [0, 0.05) is 5.39 Å². The van der Waals surface area contributed by atoms with Crippen LogP contribution in [0.1, 0.15) is 0 Å². The maximum Gasteiger partial charge on any atom is 0.224 e. The molecular formula is C14H7ClF2N2S. The predicted molar refractivity (Wildman–Crippen MR) is 75.0 cm³/mol. The second-order valence-electron chi connectivity index (χ2n) is 3.99. The fourth-order valence-corrected chi connectivity index (χ4v) is 2.94. The number of rotatable bonds is 2. The van der Waals surface area contributed by atoms with Crippen LogP contribution in [0, 0.1) is 11.6 Å². The van der Waals surface area contributed by atoms with E-state index in [2.05, 4.69) is 9.97 Å². The second-order valence-corrected chi connectivity index (χ2v) is 5.36. The van der Waals surface area contributed by atoms with E-state index in [9.17, 15) is 8.78 Å². The Morgan fingerprint density at radius 3 is 2.65 bits per heavy atom. The van der Waals surface area contributed by atoms with Gasteiger partial charge in [0.25, 0.3) is 0 Å². The number of hydrogen-bond donors (Lipinski definition) is 0. The van der Waals surface area contributed by atoms with Crippen molar-refractivity contribution >= 4 is 34.3 Å². The molecule has 0 atom stereocenters. The Labute approximate surface area is 122 Å². The fraction of sp³-hybridized carbons (Fsp3) is 0. The average Bonchev–Trinajstić information content (AvgIpc) is 2.43. The minimum atomic E-state index is -0.504. The Morgan fingerprint density at radius 2 is 1.80 bits per heavy atom. The lowest BCUT2D eigenvalue weighted by molar-refractivity contribution is 0.577. The number of nitrogens with zero attached hydrogens (tertiary/aromatic N) is 2. The van der Waals surface area contributed by atoms with Crippen molar-refractivity contribution in [2.24, 2.45) is 0 Å². The summed E-state index contributed by atoms with van der Waals surface area (Å²) in [7, 11) is 0. The Hall–Kier alpha value is -1.72. The van der Waals surface area contributed by atoms with Gasteiger partial charge in [0.1, 0.15) is 16.7 Å². The highest BCUT2D eigenvalue weighted by Gasteiger charge is 2.11. The molecule has 0 N–H and O–H groups in total. The fourth-order valence-electron chi connectivity index (χ4n) is 1.76. The third kappa shape index (κ3) is 2.59. The number of fused-ring (bicyclic) bond motifs is 1. The smallest absolute Gasteiger partial charge is 0.218 e. The molecule has 0 aliphatic rings. The molecule has 0 amide bonds. The Bertz CT molecular complexity index is 795. The molecule has 0 aliphatic carbocycles. The highest BCUT2D eigenvalue weighted by atomic mass is 35.5. The SMILES string of the molecule is Fc1ccc(F)c(Sc2nc(Cl)nc3ccccc23)c1. The van der Waals surface area contributed by atoms with Crippen LogP contribution in [0.15, 0.2) is 52.4 Å². The molecule has 0 unspecified atom stereocenters. The summed E-state index contributed by atoms with van der Waals surface area (Å²) in [5, 5.41) is 1.30. The summed E-state index contributed by atoms with van der Waals surface area (Å²) >= 11 is 6.88. The average molecular weight is 309 g/mol. The molecule has 20 heavy (non-hydrogen) atoms. The lowest BCUT2D eigenvalue weighted by Crippen LogP contribution is -1.91. The minimum absolute atomic E-state index is 0.0722. The summed E-state index contributed by atoms with van der Waals surface area (Å²) in [6, 6.07) is 10.5. The molecule has 1 heterocycles. The topological polar surface area (TPSA) is 25.8 Å². The van der Waals surface area contributed by atoms with E-state index in [1.165, 1.54) is 0 Å². The molecular weight excluding hydrogens is 302 g/mol. The third-order valence-corrected chi connectivity index (χ3v) is 3.85. The van der Waals surface area contributed by atoms with Crippen LogP contribution < -0.4 is 0 Å². The van der Waals surface area contributed by atoms with E-state index in [4.69, 9.17) is 11.6 Å². The number of halogens is 3. The van der Waals surface area contributed by atoms with Crippen molar-refractivity contribution in [1.82, 2.24) is 9.97 Å². The maximum absolute atomic E-state index is 13.7. The Kier molecular flexibility index (Phi) is 3.54. The van der Waals surface area contributed by atoms with Gasteiger partial charge < -0.3 is 0 Å². The first-order valence-electron chi connectivity index (χ1n) is 5.69. The number of para-hydroxylation sites is 1. The monoisotopic (exact) mass is 308 g/mol. The zero-order valence-corrected chi connectivity index (χ0v) is 11.6. The van der Waals surface area contributed by atoms with Gasteiger partial charge in [-0.05, 0) is 35.9 Å². The third-order valence-electron chi connectivity index (χ3n) is 2.64. The van der Waals surface area contributed by atoms with Gasteiger partial charge in [-0.3, -0.25) is 0 Å².